The molecule has 32 heavy (non-hydrogen) atoms. The summed E-state index contributed by atoms with van der Waals surface area (Å²) in [6.07, 6.45) is 1.07. The highest BCUT2D eigenvalue weighted by molar-refractivity contribution is 7.22. The highest BCUT2D eigenvalue weighted by Gasteiger charge is 2.21. The third-order valence-electron chi connectivity index (χ3n) is 5.44. The van der Waals surface area contributed by atoms with Crippen LogP contribution >= 0.6 is 11.3 Å². The number of hydrogen-bond donors (Lipinski definition) is 0. The maximum absolute atomic E-state index is 14.2. The lowest BCUT2D eigenvalue weighted by molar-refractivity contribution is -0.118. The van der Waals surface area contributed by atoms with Crippen LogP contribution in [-0.4, -0.2) is 61.8 Å². The standard InChI is InChI=1S/C24H28FN3O3S/c1-2-31-19-9-7-18(8-10-19)17-22(29)28(12-4-11-27-13-15-30-16-14-27)24-26-23-20(25)5-3-6-21(23)32-24/h3,5-10H,2,4,11-17H2,1H3. The number of anilines is 1. The molecule has 1 amide bonds. The number of morpholine rings is 1. The van der Waals surface area contributed by atoms with E-state index in [1.165, 1.54) is 17.4 Å². The Hall–Kier alpha value is -2.55. The Kier molecular flexibility index (Phi) is 7.68. The number of rotatable bonds is 9. The van der Waals surface area contributed by atoms with Gasteiger partial charge in [-0.05, 0) is 43.2 Å². The molecule has 4 rings (SSSR count). The summed E-state index contributed by atoms with van der Waals surface area (Å²) in [6, 6.07) is 12.5. The molecular formula is C24H28FN3O3S. The summed E-state index contributed by atoms with van der Waals surface area (Å²) >= 11 is 1.35. The molecule has 0 aliphatic carbocycles. The van der Waals surface area contributed by atoms with Gasteiger partial charge in [0, 0.05) is 26.2 Å². The summed E-state index contributed by atoms with van der Waals surface area (Å²) in [6.45, 7) is 7.27. The molecule has 3 aromatic rings. The van der Waals surface area contributed by atoms with Crippen molar-refractivity contribution < 1.29 is 18.7 Å². The van der Waals surface area contributed by atoms with Crippen LogP contribution in [0.3, 0.4) is 0 Å². The van der Waals surface area contributed by atoms with Gasteiger partial charge >= 0.3 is 0 Å². The van der Waals surface area contributed by atoms with Gasteiger partial charge in [0.25, 0.3) is 0 Å². The molecule has 8 heteroatoms. The van der Waals surface area contributed by atoms with E-state index < -0.39 is 0 Å². The van der Waals surface area contributed by atoms with Crippen LogP contribution in [-0.2, 0) is 16.0 Å². The second-order valence-corrected chi connectivity index (χ2v) is 8.70. The van der Waals surface area contributed by atoms with E-state index in [9.17, 15) is 9.18 Å². The van der Waals surface area contributed by atoms with Crippen LogP contribution < -0.4 is 9.64 Å². The highest BCUT2D eigenvalue weighted by Crippen LogP contribution is 2.31. The van der Waals surface area contributed by atoms with Crippen LogP contribution in [0.15, 0.2) is 42.5 Å². The monoisotopic (exact) mass is 457 g/mol. The van der Waals surface area contributed by atoms with E-state index in [4.69, 9.17) is 9.47 Å². The van der Waals surface area contributed by atoms with Crippen molar-refractivity contribution in [3.8, 4) is 5.75 Å². The molecule has 0 saturated carbocycles. The van der Waals surface area contributed by atoms with Crippen LogP contribution in [0, 0.1) is 5.82 Å². The molecule has 1 fully saturated rings. The fraction of sp³-hybridized carbons (Fsp3) is 0.417. The fourth-order valence-corrected chi connectivity index (χ4v) is 4.79. The third-order valence-corrected chi connectivity index (χ3v) is 6.48. The first-order valence-electron chi connectivity index (χ1n) is 11.0. The van der Waals surface area contributed by atoms with Gasteiger partial charge in [0.05, 0.1) is 30.9 Å². The molecule has 0 spiro atoms. The Morgan fingerprint density at radius 3 is 2.72 bits per heavy atom. The van der Waals surface area contributed by atoms with Crippen LogP contribution in [0.4, 0.5) is 9.52 Å². The lowest BCUT2D eigenvalue weighted by atomic mass is 10.1. The molecule has 0 bridgehead atoms. The van der Waals surface area contributed by atoms with Gasteiger partial charge in [0.1, 0.15) is 17.1 Å². The van der Waals surface area contributed by atoms with Gasteiger partial charge in [-0.1, -0.05) is 29.5 Å². The molecular weight excluding hydrogens is 429 g/mol. The summed E-state index contributed by atoms with van der Waals surface area (Å²) in [4.78, 5) is 21.8. The lowest BCUT2D eigenvalue weighted by Crippen LogP contribution is -2.39. The molecule has 1 saturated heterocycles. The van der Waals surface area contributed by atoms with Gasteiger partial charge in [0.2, 0.25) is 5.91 Å². The van der Waals surface area contributed by atoms with Crippen molar-refractivity contribution in [2.45, 2.75) is 19.8 Å². The number of ether oxygens (including phenoxy) is 2. The van der Waals surface area contributed by atoms with Crippen molar-refractivity contribution in [1.29, 1.82) is 0 Å². The minimum atomic E-state index is -0.364. The quantitative estimate of drug-likeness (QED) is 0.484. The van der Waals surface area contributed by atoms with Crippen LogP contribution in [0.2, 0.25) is 0 Å². The summed E-state index contributed by atoms with van der Waals surface area (Å²) in [5.41, 5.74) is 1.23. The largest absolute Gasteiger partial charge is 0.494 e. The summed E-state index contributed by atoms with van der Waals surface area (Å²) in [5.74, 6) is 0.376. The Labute approximate surface area is 191 Å². The van der Waals surface area contributed by atoms with E-state index in [1.54, 1.807) is 11.0 Å². The molecule has 1 aliphatic rings. The zero-order valence-electron chi connectivity index (χ0n) is 18.3. The van der Waals surface area contributed by atoms with Crippen molar-refractivity contribution in [2.24, 2.45) is 0 Å². The zero-order chi connectivity index (χ0) is 22.3. The number of carbonyl (C=O) groups excluding carboxylic acids is 1. The summed E-state index contributed by atoms with van der Waals surface area (Å²) < 4.78 is 25.9. The van der Waals surface area contributed by atoms with E-state index in [2.05, 4.69) is 9.88 Å². The van der Waals surface area contributed by atoms with Crippen molar-refractivity contribution >= 4 is 32.6 Å². The minimum absolute atomic E-state index is 0.0457. The first-order chi connectivity index (χ1) is 15.6. The van der Waals surface area contributed by atoms with E-state index in [-0.39, 0.29) is 18.1 Å². The van der Waals surface area contributed by atoms with Crippen LogP contribution in [0.25, 0.3) is 10.2 Å². The van der Waals surface area contributed by atoms with Crippen molar-refractivity contribution in [2.75, 3.05) is 50.9 Å². The smallest absolute Gasteiger partial charge is 0.233 e. The Morgan fingerprint density at radius 2 is 2.00 bits per heavy atom. The SMILES string of the molecule is CCOc1ccc(CC(=O)N(CCCN2CCOCC2)c2nc3c(F)cccc3s2)cc1. The average molecular weight is 458 g/mol. The average Bonchev–Trinajstić information content (AvgIpc) is 3.24. The van der Waals surface area contributed by atoms with E-state index in [1.807, 2.05) is 37.3 Å². The number of aromatic nitrogens is 1. The van der Waals surface area contributed by atoms with Crippen LogP contribution in [0.5, 0.6) is 5.75 Å². The molecule has 0 atom stereocenters. The van der Waals surface area contributed by atoms with Gasteiger partial charge in [-0.25, -0.2) is 9.37 Å². The van der Waals surface area contributed by atoms with E-state index in [0.29, 0.717) is 23.8 Å². The van der Waals surface area contributed by atoms with Crippen molar-refractivity contribution in [3.63, 3.8) is 0 Å². The Bertz CT molecular complexity index is 1030. The molecule has 170 valence electrons. The van der Waals surface area contributed by atoms with E-state index >= 15 is 0 Å². The number of fused-ring (bicyclic) bond motifs is 1. The predicted molar refractivity (Wildman–Crippen MR) is 125 cm³/mol. The highest BCUT2D eigenvalue weighted by atomic mass is 32.1. The maximum atomic E-state index is 14.2. The van der Waals surface area contributed by atoms with Gasteiger partial charge in [-0.2, -0.15) is 0 Å². The Morgan fingerprint density at radius 1 is 1.22 bits per heavy atom. The lowest BCUT2D eigenvalue weighted by Gasteiger charge is -2.27. The van der Waals surface area contributed by atoms with Crippen molar-refractivity contribution in [3.05, 3.63) is 53.8 Å². The van der Waals surface area contributed by atoms with Gasteiger partial charge < -0.3 is 9.47 Å². The predicted octanol–water partition coefficient (Wildman–Crippen LogP) is 4.13. The second-order valence-electron chi connectivity index (χ2n) is 7.69. The molecule has 2 aromatic carbocycles. The van der Waals surface area contributed by atoms with Gasteiger partial charge in [0.15, 0.2) is 5.13 Å². The maximum Gasteiger partial charge on any atom is 0.233 e. The minimum Gasteiger partial charge on any atom is -0.494 e. The topological polar surface area (TPSA) is 54.9 Å². The number of nitrogens with zero attached hydrogens (tertiary/aromatic N) is 3. The number of para-hydroxylation sites is 1. The van der Waals surface area contributed by atoms with Crippen LogP contribution in [0.1, 0.15) is 18.9 Å². The van der Waals surface area contributed by atoms with E-state index in [0.717, 1.165) is 55.3 Å². The number of carbonyl (C=O) groups is 1. The summed E-state index contributed by atoms with van der Waals surface area (Å²) in [7, 11) is 0. The molecule has 1 aliphatic heterocycles. The van der Waals surface area contributed by atoms with Crippen molar-refractivity contribution in [1.82, 2.24) is 9.88 Å². The number of hydrogen-bond acceptors (Lipinski definition) is 6. The molecule has 2 heterocycles. The number of benzene rings is 2. The normalized spacial score (nSPS) is 14.6. The Balaban J connectivity index is 1.50. The zero-order valence-corrected chi connectivity index (χ0v) is 19.1. The number of amides is 1. The molecule has 0 N–H and O–H groups in total. The molecule has 0 unspecified atom stereocenters. The second kappa shape index (κ2) is 10.8. The number of thiazole rings is 1. The third kappa shape index (κ3) is 5.62. The molecule has 1 aromatic heterocycles. The molecule has 6 nitrogen and oxygen atoms in total. The first kappa shape index (κ1) is 22.6. The fourth-order valence-electron chi connectivity index (χ4n) is 3.76. The summed E-state index contributed by atoms with van der Waals surface area (Å²) in [5, 5.41) is 0.544. The first-order valence-corrected chi connectivity index (χ1v) is 11.8. The van der Waals surface area contributed by atoms with Gasteiger partial charge in [-0.3, -0.25) is 14.6 Å². The van der Waals surface area contributed by atoms with Gasteiger partial charge in [-0.15, -0.1) is 0 Å². The molecule has 0 radical (unpaired) electrons. The number of halogens is 1.